The molecule has 1 unspecified atom stereocenters. The lowest BCUT2D eigenvalue weighted by Gasteiger charge is -2.20. The van der Waals surface area contributed by atoms with Crippen LogP contribution in [0.2, 0.25) is 0 Å². The smallest absolute Gasteiger partial charge is 0.235 e. The topological polar surface area (TPSA) is 86.1 Å². The standard InChI is InChI=1S/C12H20N4O2/c1-3-12(2)9-10(17)16(11(12)18)8-6-4-5-7-14-15-13/h3-9H2,1-2H3. The quantitative estimate of drug-likeness (QED) is 0.229. The lowest BCUT2D eigenvalue weighted by Crippen LogP contribution is -2.34. The van der Waals surface area contributed by atoms with E-state index in [4.69, 9.17) is 5.53 Å². The van der Waals surface area contributed by atoms with Crippen LogP contribution in [0.5, 0.6) is 0 Å². The third kappa shape index (κ3) is 3.23. The summed E-state index contributed by atoms with van der Waals surface area (Å²) >= 11 is 0. The zero-order valence-electron chi connectivity index (χ0n) is 11.1. The fourth-order valence-electron chi connectivity index (χ4n) is 2.12. The van der Waals surface area contributed by atoms with Crippen LogP contribution < -0.4 is 0 Å². The van der Waals surface area contributed by atoms with E-state index in [-0.39, 0.29) is 11.8 Å². The summed E-state index contributed by atoms with van der Waals surface area (Å²) in [7, 11) is 0. The Balaban J connectivity index is 2.37. The minimum atomic E-state index is -0.498. The highest BCUT2D eigenvalue weighted by Crippen LogP contribution is 2.35. The van der Waals surface area contributed by atoms with E-state index in [1.165, 1.54) is 4.90 Å². The number of rotatable bonds is 7. The highest BCUT2D eigenvalue weighted by molar-refractivity contribution is 6.05. The van der Waals surface area contributed by atoms with E-state index in [2.05, 4.69) is 10.0 Å². The molecule has 1 aliphatic heterocycles. The number of imide groups is 1. The number of hydrogen-bond donors (Lipinski definition) is 0. The molecule has 0 saturated carbocycles. The molecule has 0 N–H and O–H groups in total. The first kappa shape index (κ1) is 14.5. The van der Waals surface area contributed by atoms with E-state index in [9.17, 15) is 9.59 Å². The van der Waals surface area contributed by atoms with E-state index in [0.717, 1.165) is 19.3 Å². The average Bonchev–Trinajstić information content (AvgIpc) is 2.57. The third-order valence-electron chi connectivity index (χ3n) is 3.59. The van der Waals surface area contributed by atoms with E-state index in [1.807, 2.05) is 13.8 Å². The fourth-order valence-corrected chi connectivity index (χ4v) is 2.12. The normalized spacial score (nSPS) is 23.3. The summed E-state index contributed by atoms with van der Waals surface area (Å²) < 4.78 is 0. The molecular weight excluding hydrogens is 232 g/mol. The number of azide groups is 1. The lowest BCUT2D eigenvalue weighted by molar-refractivity contribution is -0.141. The fraction of sp³-hybridized carbons (Fsp3) is 0.833. The van der Waals surface area contributed by atoms with Gasteiger partial charge in [-0.15, -0.1) is 0 Å². The first-order valence-corrected chi connectivity index (χ1v) is 6.41. The van der Waals surface area contributed by atoms with Gasteiger partial charge in [-0.25, -0.2) is 0 Å². The molecule has 6 heteroatoms. The molecule has 1 atom stereocenters. The molecule has 0 aromatic heterocycles. The first-order chi connectivity index (χ1) is 8.55. The summed E-state index contributed by atoms with van der Waals surface area (Å²) in [5.41, 5.74) is 7.61. The molecule has 6 nitrogen and oxygen atoms in total. The molecule has 18 heavy (non-hydrogen) atoms. The number of likely N-dealkylation sites (tertiary alicyclic amines) is 1. The van der Waals surface area contributed by atoms with E-state index in [0.29, 0.717) is 25.9 Å². The molecule has 0 radical (unpaired) electrons. The molecule has 0 spiro atoms. The van der Waals surface area contributed by atoms with Gasteiger partial charge in [0, 0.05) is 24.4 Å². The second-order valence-corrected chi connectivity index (χ2v) is 4.96. The van der Waals surface area contributed by atoms with Crippen molar-refractivity contribution in [2.45, 2.75) is 46.0 Å². The number of unbranched alkanes of at least 4 members (excludes halogenated alkanes) is 2. The molecule has 0 bridgehead atoms. The SMILES string of the molecule is CCC1(C)CC(=O)N(CCCCCN=[N+]=[N-])C1=O. The van der Waals surface area contributed by atoms with Crippen molar-refractivity contribution in [1.29, 1.82) is 0 Å². The summed E-state index contributed by atoms with van der Waals surface area (Å²) in [6.07, 6.45) is 3.47. The van der Waals surface area contributed by atoms with Crippen LogP contribution in [-0.4, -0.2) is 29.8 Å². The highest BCUT2D eigenvalue weighted by Gasteiger charge is 2.46. The Morgan fingerprint density at radius 1 is 1.39 bits per heavy atom. The van der Waals surface area contributed by atoms with Gasteiger partial charge in [-0.05, 0) is 24.8 Å². The van der Waals surface area contributed by atoms with Crippen molar-refractivity contribution in [1.82, 2.24) is 4.90 Å². The maximum Gasteiger partial charge on any atom is 0.235 e. The minimum absolute atomic E-state index is 0.0370. The maximum absolute atomic E-state index is 12.1. The highest BCUT2D eigenvalue weighted by atomic mass is 16.2. The van der Waals surface area contributed by atoms with Crippen molar-refractivity contribution < 1.29 is 9.59 Å². The summed E-state index contributed by atoms with van der Waals surface area (Å²) in [6, 6.07) is 0. The van der Waals surface area contributed by atoms with Crippen molar-refractivity contribution in [2.24, 2.45) is 10.5 Å². The number of amides is 2. The zero-order chi connectivity index (χ0) is 13.6. The van der Waals surface area contributed by atoms with Crippen LogP contribution in [0, 0.1) is 5.41 Å². The van der Waals surface area contributed by atoms with Crippen molar-refractivity contribution in [3.8, 4) is 0 Å². The largest absolute Gasteiger partial charge is 0.282 e. The first-order valence-electron chi connectivity index (χ1n) is 6.41. The van der Waals surface area contributed by atoms with Gasteiger partial charge in [0.05, 0.1) is 5.41 Å². The maximum atomic E-state index is 12.1. The Kier molecular flexibility index (Phi) is 5.16. The van der Waals surface area contributed by atoms with Crippen molar-refractivity contribution >= 4 is 11.8 Å². The molecular formula is C12H20N4O2. The number of carbonyl (C=O) groups excluding carboxylic acids is 2. The second-order valence-electron chi connectivity index (χ2n) is 4.96. The van der Waals surface area contributed by atoms with Crippen LogP contribution in [0.15, 0.2) is 5.11 Å². The van der Waals surface area contributed by atoms with E-state index >= 15 is 0 Å². The predicted molar refractivity (Wildman–Crippen MR) is 67.6 cm³/mol. The van der Waals surface area contributed by atoms with E-state index < -0.39 is 5.41 Å². The van der Waals surface area contributed by atoms with Crippen molar-refractivity contribution in [3.05, 3.63) is 10.4 Å². The van der Waals surface area contributed by atoms with Crippen LogP contribution >= 0.6 is 0 Å². The Morgan fingerprint density at radius 2 is 2.11 bits per heavy atom. The van der Waals surface area contributed by atoms with Crippen molar-refractivity contribution in [3.63, 3.8) is 0 Å². The summed E-state index contributed by atoms with van der Waals surface area (Å²) in [5, 5.41) is 3.44. The van der Waals surface area contributed by atoms with Crippen LogP contribution in [0.25, 0.3) is 10.4 Å². The Hall–Kier alpha value is -1.55. The van der Waals surface area contributed by atoms with Gasteiger partial charge >= 0.3 is 0 Å². The van der Waals surface area contributed by atoms with Gasteiger partial charge in [0.15, 0.2) is 0 Å². The van der Waals surface area contributed by atoms with Crippen LogP contribution in [0.1, 0.15) is 46.0 Å². The second kappa shape index (κ2) is 6.40. The van der Waals surface area contributed by atoms with Gasteiger partial charge in [0.1, 0.15) is 0 Å². The molecule has 1 saturated heterocycles. The van der Waals surface area contributed by atoms with Gasteiger partial charge in [-0.2, -0.15) is 0 Å². The monoisotopic (exact) mass is 252 g/mol. The van der Waals surface area contributed by atoms with Gasteiger partial charge in [0.2, 0.25) is 11.8 Å². The minimum Gasteiger partial charge on any atom is -0.282 e. The molecule has 100 valence electrons. The molecule has 1 aliphatic rings. The molecule has 0 aromatic carbocycles. The molecule has 1 rings (SSSR count). The summed E-state index contributed by atoms with van der Waals surface area (Å²) in [4.78, 5) is 27.9. The molecule has 1 fully saturated rings. The summed E-state index contributed by atoms with van der Waals surface area (Å²) in [5.74, 6) is -0.0931. The van der Waals surface area contributed by atoms with Gasteiger partial charge < -0.3 is 0 Å². The number of carbonyl (C=O) groups is 2. The van der Waals surface area contributed by atoms with Gasteiger partial charge in [-0.1, -0.05) is 25.4 Å². The molecule has 1 heterocycles. The van der Waals surface area contributed by atoms with E-state index in [1.54, 1.807) is 0 Å². The molecule has 2 amide bonds. The van der Waals surface area contributed by atoms with Gasteiger partial charge in [0.25, 0.3) is 0 Å². The zero-order valence-corrected chi connectivity index (χ0v) is 11.1. The third-order valence-corrected chi connectivity index (χ3v) is 3.59. The summed E-state index contributed by atoms with van der Waals surface area (Å²) in [6.45, 7) is 4.76. The Morgan fingerprint density at radius 3 is 2.67 bits per heavy atom. The Bertz CT molecular complexity index is 376. The van der Waals surface area contributed by atoms with Gasteiger partial charge in [-0.3, -0.25) is 14.5 Å². The lowest BCUT2D eigenvalue weighted by atomic mass is 9.86. The molecule has 0 aliphatic carbocycles. The van der Waals surface area contributed by atoms with Crippen LogP contribution in [0.4, 0.5) is 0 Å². The van der Waals surface area contributed by atoms with Crippen LogP contribution in [-0.2, 0) is 9.59 Å². The average molecular weight is 252 g/mol. The number of nitrogens with zero attached hydrogens (tertiary/aromatic N) is 4. The van der Waals surface area contributed by atoms with Crippen molar-refractivity contribution in [2.75, 3.05) is 13.1 Å². The number of hydrogen-bond acceptors (Lipinski definition) is 3. The predicted octanol–water partition coefficient (Wildman–Crippen LogP) is 2.64. The Labute approximate surface area is 107 Å². The molecule has 0 aromatic rings. The van der Waals surface area contributed by atoms with Crippen LogP contribution in [0.3, 0.4) is 0 Å².